The molecule has 0 saturated carbocycles. The van der Waals surface area contributed by atoms with Crippen LogP contribution in [0.2, 0.25) is 0 Å². The van der Waals surface area contributed by atoms with E-state index < -0.39 is 0 Å². The molecule has 7 nitrogen and oxygen atoms in total. The van der Waals surface area contributed by atoms with Crippen molar-refractivity contribution in [1.29, 1.82) is 0 Å². The van der Waals surface area contributed by atoms with Gasteiger partial charge in [-0.05, 0) is 46.5 Å². The van der Waals surface area contributed by atoms with Crippen LogP contribution in [-0.4, -0.2) is 48.0 Å². The number of hydrogen-bond acceptors (Lipinski definition) is 6. The molecule has 1 aliphatic heterocycles. The standard InChI is InChI=1S/C19H31N3O4/c1-6-26-18(23)8-7-15-9-16(19(24)25-5)11-21(14(15)4)17-10-20-22(12-17)13(2)3/h10,12-16H,6-9,11H2,1-5H3. The lowest BCUT2D eigenvalue weighted by molar-refractivity contribution is -0.146. The van der Waals surface area contributed by atoms with Crippen molar-refractivity contribution in [2.24, 2.45) is 11.8 Å². The summed E-state index contributed by atoms with van der Waals surface area (Å²) in [7, 11) is 1.43. The Balaban J connectivity index is 2.16. The average Bonchev–Trinajstić information content (AvgIpc) is 3.10. The van der Waals surface area contributed by atoms with E-state index in [1.807, 2.05) is 24.0 Å². The number of rotatable bonds is 7. The number of piperidine rings is 1. The predicted molar refractivity (Wildman–Crippen MR) is 98.9 cm³/mol. The van der Waals surface area contributed by atoms with E-state index in [1.165, 1.54) is 7.11 Å². The highest BCUT2D eigenvalue weighted by atomic mass is 16.5. The van der Waals surface area contributed by atoms with Gasteiger partial charge in [-0.2, -0.15) is 5.10 Å². The summed E-state index contributed by atoms with van der Waals surface area (Å²) < 4.78 is 11.9. The van der Waals surface area contributed by atoms with E-state index in [4.69, 9.17) is 9.47 Å². The molecule has 0 N–H and O–H groups in total. The van der Waals surface area contributed by atoms with Crippen molar-refractivity contribution < 1.29 is 19.1 Å². The van der Waals surface area contributed by atoms with Crippen LogP contribution < -0.4 is 4.90 Å². The maximum Gasteiger partial charge on any atom is 0.310 e. The lowest BCUT2D eigenvalue weighted by atomic mass is 9.81. The molecular formula is C19H31N3O4. The van der Waals surface area contributed by atoms with Gasteiger partial charge in [0.25, 0.3) is 0 Å². The topological polar surface area (TPSA) is 73.7 Å². The molecule has 0 bridgehead atoms. The number of anilines is 1. The van der Waals surface area contributed by atoms with Crippen LogP contribution in [-0.2, 0) is 19.1 Å². The lowest BCUT2D eigenvalue weighted by Crippen LogP contribution is -2.49. The number of ether oxygens (including phenoxy) is 2. The van der Waals surface area contributed by atoms with Crippen molar-refractivity contribution in [3.63, 3.8) is 0 Å². The molecule has 0 amide bonds. The summed E-state index contributed by atoms with van der Waals surface area (Å²) in [4.78, 5) is 26.2. The number of carbonyl (C=O) groups is 2. The van der Waals surface area contributed by atoms with Gasteiger partial charge in [-0.15, -0.1) is 0 Å². The maximum absolute atomic E-state index is 12.2. The van der Waals surface area contributed by atoms with E-state index in [-0.39, 0.29) is 35.9 Å². The highest BCUT2D eigenvalue weighted by molar-refractivity contribution is 5.74. The van der Waals surface area contributed by atoms with Crippen LogP contribution in [0.25, 0.3) is 0 Å². The summed E-state index contributed by atoms with van der Waals surface area (Å²) in [5, 5.41) is 4.42. The maximum atomic E-state index is 12.2. The molecule has 1 fully saturated rings. The zero-order chi connectivity index (χ0) is 19.3. The second-order valence-electron chi connectivity index (χ2n) is 7.22. The van der Waals surface area contributed by atoms with Gasteiger partial charge in [0.15, 0.2) is 0 Å². The third-order valence-corrected chi connectivity index (χ3v) is 5.19. The Labute approximate surface area is 155 Å². The summed E-state index contributed by atoms with van der Waals surface area (Å²) in [6.45, 7) is 9.11. The molecule has 1 aliphatic rings. The van der Waals surface area contributed by atoms with Crippen molar-refractivity contribution in [2.75, 3.05) is 25.2 Å². The number of nitrogens with zero attached hydrogens (tertiary/aromatic N) is 3. The van der Waals surface area contributed by atoms with Crippen LogP contribution in [0.1, 0.15) is 53.0 Å². The zero-order valence-electron chi connectivity index (χ0n) is 16.5. The van der Waals surface area contributed by atoms with E-state index in [2.05, 4.69) is 30.8 Å². The first-order valence-electron chi connectivity index (χ1n) is 9.41. The summed E-state index contributed by atoms with van der Waals surface area (Å²) in [5.41, 5.74) is 1.00. The average molecular weight is 365 g/mol. The third kappa shape index (κ3) is 4.77. The summed E-state index contributed by atoms with van der Waals surface area (Å²) in [5.74, 6) is -0.371. The SMILES string of the molecule is CCOC(=O)CCC1CC(C(=O)OC)CN(c2cnn(C(C)C)c2)C1C. The van der Waals surface area contributed by atoms with Crippen LogP contribution >= 0.6 is 0 Å². The molecule has 2 rings (SSSR count). The molecule has 1 aromatic rings. The Morgan fingerprint density at radius 3 is 2.69 bits per heavy atom. The second kappa shape index (κ2) is 9.05. The lowest BCUT2D eigenvalue weighted by Gasteiger charge is -2.43. The first-order chi connectivity index (χ1) is 12.4. The van der Waals surface area contributed by atoms with E-state index in [1.54, 1.807) is 0 Å². The van der Waals surface area contributed by atoms with Gasteiger partial charge in [0, 0.05) is 31.2 Å². The van der Waals surface area contributed by atoms with Gasteiger partial charge in [-0.1, -0.05) is 0 Å². The molecule has 0 radical (unpaired) electrons. The van der Waals surface area contributed by atoms with Crippen molar-refractivity contribution >= 4 is 17.6 Å². The number of carbonyl (C=O) groups excluding carboxylic acids is 2. The Morgan fingerprint density at radius 2 is 2.12 bits per heavy atom. The quantitative estimate of drug-likeness (QED) is 0.692. The molecule has 26 heavy (non-hydrogen) atoms. The number of hydrogen-bond donors (Lipinski definition) is 0. The monoisotopic (exact) mass is 365 g/mol. The normalized spacial score (nSPS) is 23.2. The van der Waals surface area contributed by atoms with E-state index in [9.17, 15) is 9.59 Å². The largest absolute Gasteiger partial charge is 0.469 e. The Morgan fingerprint density at radius 1 is 1.38 bits per heavy atom. The second-order valence-corrected chi connectivity index (χ2v) is 7.22. The molecule has 146 valence electrons. The fourth-order valence-electron chi connectivity index (χ4n) is 3.63. The van der Waals surface area contributed by atoms with E-state index in [0.717, 1.165) is 12.1 Å². The number of esters is 2. The summed E-state index contributed by atoms with van der Waals surface area (Å²) in [6.07, 6.45) is 5.65. The van der Waals surface area contributed by atoms with Crippen molar-refractivity contribution in [3.8, 4) is 0 Å². The molecule has 1 saturated heterocycles. The van der Waals surface area contributed by atoms with Gasteiger partial charge in [-0.25, -0.2) is 0 Å². The van der Waals surface area contributed by atoms with Gasteiger partial charge < -0.3 is 14.4 Å². The summed E-state index contributed by atoms with van der Waals surface area (Å²) in [6, 6.07) is 0.481. The van der Waals surface area contributed by atoms with E-state index >= 15 is 0 Å². The molecule has 7 heteroatoms. The van der Waals surface area contributed by atoms with Crippen LogP contribution in [0.4, 0.5) is 5.69 Å². The van der Waals surface area contributed by atoms with Gasteiger partial charge in [0.2, 0.25) is 0 Å². The van der Waals surface area contributed by atoms with Gasteiger partial charge in [-0.3, -0.25) is 14.3 Å². The Hall–Kier alpha value is -2.05. The molecule has 0 spiro atoms. The van der Waals surface area contributed by atoms with E-state index in [0.29, 0.717) is 26.0 Å². The minimum Gasteiger partial charge on any atom is -0.469 e. The fourth-order valence-corrected chi connectivity index (χ4v) is 3.63. The first kappa shape index (κ1) is 20.3. The number of aromatic nitrogens is 2. The highest BCUT2D eigenvalue weighted by Crippen LogP contribution is 2.35. The number of methoxy groups -OCH3 is 1. The minimum atomic E-state index is -0.203. The molecule has 2 heterocycles. The zero-order valence-corrected chi connectivity index (χ0v) is 16.5. The van der Waals surface area contributed by atoms with Crippen LogP contribution in [0.15, 0.2) is 12.4 Å². The molecule has 3 atom stereocenters. The Kier molecular flexibility index (Phi) is 7.06. The molecule has 0 aliphatic carbocycles. The van der Waals surface area contributed by atoms with Crippen LogP contribution in [0.3, 0.4) is 0 Å². The van der Waals surface area contributed by atoms with Gasteiger partial charge in [0.1, 0.15) is 0 Å². The van der Waals surface area contributed by atoms with Gasteiger partial charge in [0.05, 0.1) is 31.5 Å². The van der Waals surface area contributed by atoms with Crippen molar-refractivity contribution in [2.45, 2.75) is 59.0 Å². The smallest absolute Gasteiger partial charge is 0.310 e. The van der Waals surface area contributed by atoms with Crippen molar-refractivity contribution in [3.05, 3.63) is 12.4 Å². The van der Waals surface area contributed by atoms with Crippen LogP contribution in [0, 0.1) is 11.8 Å². The first-order valence-corrected chi connectivity index (χ1v) is 9.41. The Bertz CT molecular complexity index is 614. The fraction of sp³-hybridized carbons (Fsp3) is 0.737. The molecule has 0 aromatic carbocycles. The highest BCUT2D eigenvalue weighted by Gasteiger charge is 2.37. The minimum absolute atomic E-state index is 0.181. The molecule has 1 aromatic heterocycles. The summed E-state index contributed by atoms with van der Waals surface area (Å²) >= 11 is 0. The van der Waals surface area contributed by atoms with Gasteiger partial charge >= 0.3 is 11.9 Å². The molecular weight excluding hydrogens is 334 g/mol. The van der Waals surface area contributed by atoms with Crippen LogP contribution in [0.5, 0.6) is 0 Å². The molecule has 3 unspecified atom stereocenters. The predicted octanol–water partition coefficient (Wildman–Crippen LogP) is 2.81. The van der Waals surface area contributed by atoms with Crippen molar-refractivity contribution in [1.82, 2.24) is 9.78 Å². The third-order valence-electron chi connectivity index (χ3n) is 5.19.